The van der Waals surface area contributed by atoms with Crippen LogP contribution in [0.1, 0.15) is 52.0 Å². The van der Waals surface area contributed by atoms with Gasteiger partial charge in [0.1, 0.15) is 0 Å². The van der Waals surface area contributed by atoms with Crippen molar-refractivity contribution in [3.63, 3.8) is 0 Å². The van der Waals surface area contributed by atoms with Gasteiger partial charge in [0.25, 0.3) is 0 Å². The van der Waals surface area contributed by atoms with Gasteiger partial charge < -0.3 is 10.6 Å². The van der Waals surface area contributed by atoms with E-state index in [1.54, 1.807) is 0 Å². The number of carbonyl (C=O) groups is 1. The molecule has 0 aromatic heterocycles. The molecule has 0 bridgehead atoms. The van der Waals surface area contributed by atoms with E-state index < -0.39 is 5.41 Å². The van der Waals surface area contributed by atoms with E-state index in [4.69, 9.17) is 5.73 Å². The second-order valence-corrected chi connectivity index (χ2v) is 6.33. The van der Waals surface area contributed by atoms with Crippen LogP contribution in [0.25, 0.3) is 0 Å². The zero-order valence-corrected chi connectivity index (χ0v) is 12.9. The van der Waals surface area contributed by atoms with Crippen molar-refractivity contribution in [2.45, 2.75) is 57.9 Å². The molecule has 0 heterocycles. The van der Waals surface area contributed by atoms with Crippen LogP contribution in [0.4, 0.5) is 5.69 Å². The fraction of sp³-hybridized carbons (Fsp3) is 0.588. The van der Waals surface area contributed by atoms with Gasteiger partial charge in [-0.3, -0.25) is 4.79 Å². The molecule has 3 nitrogen and oxygen atoms in total. The van der Waals surface area contributed by atoms with Gasteiger partial charge in [-0.1, -0.05) is 25.5 Å². The van der Waals surface area contributed by atoms with E-state index in [1.807, 2.05) is 38.1 Å². The summed E-state index contributed by atoms with van der Waals surface area (Å²) in [5, 5.41) is 0. The summed E-state index contributed by atoms with van der Waals surface area (Å²) in [4.78, 5) is 15.0. The Morgan fingerprint density at radius 1 is 1.30 bits per heavy atom. The molecule has 20 heavy (non-hydrogen) atoms. The minimum Gasteiger partial charge on any atom is -0.399 e. The molecule has 1 fully saturated rings. The zero-order chi connectivity index (χ0) is 14.8. The van der Waals surface area contributed by atoms with E-state index in [0.29, 0.717) is 6.04 Å². The van der Waals surface area contributed by atoms with Crippen molar-refractivity contribution >= 4 is 11.6 Å². The Bertz CT molecular complexity index is 460. The van der Waals surface area contributed by atoms with Crippen molar-refractivity contribution in [1.29, 1.82) is 0 Å². The highest BCUT2D eigenvalue weighted by Gasteiger charge is 2.40. The minimum atomic E-state index is -0.482. The van der Waals surface area contributed by atoms with Crippen LogP contribution in [0.5, 0.6) is 0 Å². The van der Waals surface area contributed by atoms with E-state index >= 15 is 0 Å². The lowest BCUT2D eigenvalue weighted by Crippen LogP contribution is -2.45. The molecule has 2 rings (SSSR count). The number of hydrogen-bond donors (Lipinski definition) is 1. The number of nitrogen functional groups attached to an aromatic ring is 1. The summed E-state index contributed by atoms with van der Waals surface area (Å²) in [7, 11) is 0. The summed E-state index contributed by atoms with van der Waals surface area (Å²) >= 11 is 0. The third-order valence-corrected chi connectivity index (χ3v) is 4.17. The van der Waals surface area contributed by atoms with Crippen molar-refractivity contribution in [3.05, 3.63) is 29.8 Å². The maximum absolute atomic E-state index is 12.9. The molecule has 0 aliphatic heterocycles. The molecule has 1 aromatic carbocycles. The highest BCUT2D eigenvalue weighted by molar-refractivity contribution is 5.88. The monoisotopic (exact) mass is 274 g/mol. The van der Waals surface area contributed by atoms with Crippen LogP contribution in [0.15, 0.2) is 24.3 Å². The van der Waals surface area contributed by atoms with Gasteiger partial charge in [-0.15, -0.1) is 0 Å². The standard InChI is InChI=1S/C17H26N2O/c1-4-5-12-19(15-10-11-15)16(20)17(2,3)13-6-8-14(18)9-7-13/h6-9,15H,4-5,10-12,18H2,1-3H3. The molecule has 0 atom stereocenters. The summed E-state index contributed by atoms with van der Waals surface area (Å²) in [5.74, 6) is 0.248. The Balaban J connectivity index is 2.17. The smallest absolute Gasteiger partial charge is 0.232 e. The number of anilines is 1. The zero-order valence-electron chi connectivity index (χ0n) is 12.9. The van der Waals surface area contributed by atoms with Crippen molar-refractivity contribution in [2.75, 3.05) is 12.3 Å². The van der Waals surface area contributed by atoms with Gasteiger partial charge in [0.2, 0.25) is 5.91 Å². The summed E-state index contributed by atoms with van der Waals surface area (Å²) < 4.78 is 0. The molecule has 0 unspecified atom stereocenters. The summed E-state index contributed by atoms with van der Waals surface area (Å²) in [6.45, 7) is 7.09. The lowest BCUT2D eigenvalue weighted by atomic mass is 9.83. The third kappa shape index (κ3) is 3.14. The SMILES string of the molecule is CCCCN(C(=O)C(C)(C)c1ccc(N)cc1)C1CC1. The van der Waals surface area contributed by atoms with Crippen molar-refractivity contribution in [1.82, 2.24) is 4.90 Å². The Labute approximate surface area is 122 Å². The lowest BCUT2D eigenvalue weighted by Gasteiger charge is -2.32. The molecular weight excluding hydrogens is 248 g/mol. The van der Waals surface area contributed by atoms with Crippen LogP contribution in [0.3, 0.4) is 0 Å². The van der Waals surface area contributed by atoms with Crippen LogP contribution < -0.4 is 5.73 Å². The fourth-order valence-electron chi connectivity index (χ4n) is 2.55. The van der Waals surface area contributed by atoms with E-state index in [0.717, 1.165) is 43.5 Å². The van der Waals surface area contributed by atoms with Gasteiger partial charge in [-0.25, -0.2) is 0 Å². The van der Waals surface area contributed by atoms with Crippen LogP contribution in [-0.4, -0.2) is 23.4 Å². The highest BCUT2D eigenvalue weighted by Crippen LogP contribution is 2.33. The molecule has 1 amide bonds. The van der Waals surface area contributed by atoms with Gasteiger partial charge in [-0.05, 0) is 50.8 Å². The fourth-order valence-corrected chi connectivity index (χ4v) is 2.55. The molecule has 3 heteroatoms. The Morgan fingerprint density at radius 2 is 1.90 bits per heavy atom. The van der Waals surface area contributed by atoms with Crippen LogP contribution in [-0.2, 0) is 10.2 Å². The number of amides is 1. The number of unbranched alkanes of at least 4 members (excludes halogenated alkanes) is 1. The largest absolute Gasteiger partial charge is 0.399 e. The predicted octanol–water partition coefficient (Wildman–Crippen LogP) is 3.34. The molecule has 0 radical (unpaired) electrons. The topological polar surface area (TPSA) is 46.3 Å². The van der Waals surface area contributed by atoms with Gasteiger partial charge in [0.05, 0.1) is 5.41 Å². The molecule has 0 saturated heterocycles. The molecule has 1 aromatic rings. The van der Waals surface area contributed by atoms with Crippen molar-refractivity contribution in [2.24, 2.45) is 0 Å². The van der Waals surface area contributed by atoms with E-state index in [2.05, 4.69) is 11.8 Å². The third-order valence-electron chi connectivity index (χ3n) is 4.17. The number of carbonyl (C=O) groups excluding carboxylic acids is 1. The van der Waals surface area contributed by atoms with Crippen LogP contribution in [0, 0.1) is 0 Å². The second-order valence-electron chi connectivity index (χ2n) is 6.33. The second kappa shape index (κ2) is 5.86. The normalized spacial score (nSPS) is 15.2. The quantitative estimate of drug-likeness (QED) is 0.809. The molecule has 1 saturated carbocycles. The molecule has 110 valence electrons. The van der Waals surface area contributed by atoms with E-state index in [1.165, 1.54) is 0 Å². The molecule has 1 aliphatic carbocycles. The van der Waals surface area contributed by atoms with Gasteiger partial charge in [0, 0.05) is 18.3 Å². The number of hydrogen-bond acceptors (Lipinski definition) is 2. The summed E-state index contributed by atoms with van der Waals surface area (Å²) in [6.07, 6.45) is 4.53. The Hall–Kier alpha value is -1.51. The van der Waals surface area contributed by atoms with Crippen molar-refractivity contribution in [3.8, 4) is 0 Å². The average Bonchev–Trinajstić information content (AvgIpc) is 3.24. The molecule has 2 N–H and O–H groups in total. The highest BCUT2D eigenvalue weighted by atomic mass is 16.2. The van der Waals surface area contributed by atoms with Crippen LogP contribution >= 0.6 is 0 Å². The summed E-state index contributed by atoms with van der Waals surface area (Å²) in [6, 6.07) is 8.16. The molecule has 0 spiro atoms. The first kappa shape index (κ1) is 14.9. The number of nitrogens with zero attached hydrogens (tertiary/aromatic N) is 1. The van der Waals surface area contributed by atoms with Gasteiger partial charge in [-0.2, -0.15) is 0 Å². The first-order valence-electron chi connectivity index (χ1n) is 7.64. The number of rotatable bonds is 6. The van der Waals surface area contributed by atoms with Gasteiger partial charge >= 0.3 is 0 Å². The minimum absolute atomic E-state index is 0.248. The first-order valence-corrected chi connectivity index (χ1v) is 7.64. The predicted molar refractivity (Wildman–Crippen MR) is 83.5 cm³/mol. The van der Waals surface area contributed by atoms with Gasteiger partial charge in [0.15, 0.2) is 0 Å². The Kier molecular flexibility index (Phi) is 4.36. The van der Waals surface area contributed by atoms with Crippen molar-refractivity contribution < 1.29 is 4.79 Å². The molecule has 1 aliphatic rings. The molecular formula is C17H26N2O. The first-order chi connectivity index (χ1) is 9.46. The maximum Gasteiger partial charge on any atom is 0.232 e. The number of benzene rings is 1. The maximum atomic E-state index is 12.9. The summed E-state index contributed by atoms with van der Waals surface area (Å²) in [5.41, 5.74) is 7.03. The Morgan fingerprint density at radius 3 is 2.40 bits per heavy atom. The lowest BCUT2D eigenvalue weighted by molar-refractivity contribution is -0.137. The average molecular weight is 274 g/mol. The van der Waals surface area contributed by atoms with E-state index in [-0.39, 0.29) is 5.91 Å². The number of nitrogens with two attached hydrogens (primary N) is 1. The van der Waals surface area contributed by atoms with Crippen LogP contribution in [0.2, 0.25) is 0 Å². The van der Waals surface area contributed by atoms with E-state index in [9.17, 15) is 4.79 Å².